The molecule has 0 saturated heterocycles. The Morgan fingerprint density at radius 2 is 1.89 bits per heavy atom. The Morgan fingerprint density at radius 1 is 1.17 bits per heavy atom. The molecule has 3 aromatic heterocycles. The predicted molar refractivity (Wildman–Crippen MR) is 145 cm³/mol. The Balaban J connectivity index is 0.00000176. The van der Waals surface area contributed by atoms with Gasteiger partial charge < -0.3 is 10.6 Å². The lowest BCUT2D eigenvalue weighted by Crippen LogP contribution is -2.45. The summed E-state index contributed by atoms with van der Waals surface area (Å²) in [7, 11) is 0. The van der Waals surface area contributed by atoms with Gasteiger partial charge in [0, 0.05) is 28.9 Å². The molecule has 2 amide bonds. The topological polar surface area (TPSA) is 138 Å². The number of thiol groups is 1. The fourth-order valence-corrected chi connectivity index (χ4v) is 3.81. The van der Waals surface area contributed by atoms with Crippen molar-refractivity contribution in [3.8, 4) is 5.82 Å². The van der Waals surface area contributed by atoms with E-state index in [0.717, 1.165) is 10.7 Å². The van der Waals surface area contributed by atoms with Crippen molar-refractivity contribution in [1.29, 1.82) is 0 Å². The van der Waals surface area contributed by atoms with E-state index in [2.05, 4.69) is 43.5 Å². The number of rotatable bonds is 6. The number of amides is 2. The average Bonchev–Trinajstić information content (AvgIpc) is 3.46. The molecule has 0 unspecified atom stereocenters. The van der Waals surface area contributed by atoms with Gasteiger partial charge in [-0.25, -0.2) is 9.67 Å². The first-order valence-corrected chi connectivity index (χ1v) is 12.3. The summed E-state index contributed by atoms with van der Waals surface area (Å²) >= 11 is 16.9. The van der Waals surface area contributed by atoms with Crippen LogP contribution in [0.5, 0.6) is 0 Å². The van der Waals surface area contributed by atoms with Gasteiger partial charge in [0.25, 0.3) is 17.4 Å². The van der Waals surface area contributed by atoms with Gasteiger partial charge in [-0.3, -0.25) is 24.6 Å². The number of nitrogens with zero attached hydrogens (tertiary/aromatic N) is 3. The average molecular weight is 550 g/mol. The van der Waals surface area contributed by atoms with E-state index < -0.39 is 22.9 Å². The molecule has 10 nitrogen and oxygen atoms in total. The molecule has 4 rings (SSSR count). The number of pyridine rings is 1. The molecule has 4 aromatic rings. The highest BCUT2D eigenvalue weighted by Crippen LogP contribution is 2.33. The molecule has 36 heavy (non-hydrogen) atoms. The quantitative estimate of drug-likeness (QED) is 0.226. The number of carbonyl (C=O) groups excluding carboxylic acids is 2. The summed E-state index contributed by atoms with van der Waals surface area (Å²) in [4.78, 5) is 42.8. The summed E-state index contributed by atoms with van der Waals surface area (Å²) in [5.41, 5.74) is -0.769. The molecule has 0 atom stereocenters. The van der Waals surface area contributed by atoms with Crippen molar-refractivity contribution in [2.75, 3.05) is 11.1 Å². The zero-order valence-corrected chi connectivity index (χ0v) is 22.3. The lowest BCUT2D eigenvalue weighted by atomic mass is 10.0. The van der Waals surface area contributed by atoms with Gasteiger partial charge in [0.05, 0.1) is 33.0 Å². The number of benzene rings is 1. The number of fused-ring (bicyclic) bond motifs is 1. The molecule has 0 saturated carbocycles. The third-order valence-corrected chi connectivity index (χ3v) is 6.30. The standard InChI is InChI=1S/C21H19Cl2N7O3S.C2H6/c1-21(2,9-34)27-20(33)15-16-10(8-25-28-16)6-12(23)17(15)26-19(32)13-7-14(31)29-30(13)18-11(22)4-3-5-24-18;1-2/h3-8,34H,9H2,1-2H3,(H,25,28)(H,26,32)(H,27,33)(H,29,31);1-2H3. The van der Waals surface area contributed by atoms with E-state index in [1.807, 2.05) is 13.8 Å². The molecule has 0 fully saturated rings. The number of anilines is 1. The Bertz CT molecular complexity index is 1480. The molecule has 0 aliphatic heterocycles. The molecular formula is C23H25Cl2N7O3S. The summed E-state index contributed by atoms with van der Waals surface area (Å²) in [6.45, 7) is 7.61. The third kappa shape index (κ3) is 5.58. The summed E-state index contributed by atoms with van der Waals surface area (Å²) in [5, 5.41) is 15.7. The van der Waals surface area contributed by atoms with Gasteiger partial charge in [-0.1, -0.05) is 37.0 Å². The minimum absolute atomic E-state index is 0.0446. The lowest BCUT2D eigenvalue weighted by molar-refractivity contribution is 0.0923. The van der Waals surface area contributed by atoms with Crippen LogP contribution in [-0.4, -0.2) is 48.1 Å². The Hall–Kier alpha value is -3.28. The smallest absolute Gasteiger partial charge is 0.274 e. The molecule has 0 bridgehead atoms. The van der Waals surface area contributed by atoms with E-state index in [4.69, 9.17) is 23.2 Å². The van der Waals surface area contributed by atoms with E-state index in [1.165, 1.54) is 12.4 Å². The number of aromatic amines is 2. The van der Waals surface area contributed by atoms with Crippen molar-refractivity contribution in [1.82, 2.24) is 30.3 Å². The molecule has 3 heterocycles. The zero-order chi connectivity index (χ0) is 26.6. The SMILES string of the molecule is CC.CC(C)(CS)NC(=O)c1c(NC(=O)c2cc(=O)[nH]n2-c2ncccc2Cl)c(Cl)cc2cn[nH]c12. The van der Waals surface area contributed by atoms with Crippen LogP contribution in [0, 0.1) is 0 Å². The largest absolute Gasteiger partial charge is 0.346 e. The Labute approximate surface area is 222 Å². The van der Waals surface area contributed by atoms with Gasteiger partial charge in [-0.05, 0) is 32.0 Å². The van der Waals surface area contributed by atoms with Gasteiger partial charge >= 0.3 is 0 Å². The van der Waals surface area contributed by atoms with Crippen LogP contribution in [0.4, 0.5) is 5.69 Å². The molecule has 0 aliphatic carbocycles. The van der Waals surface area contributed by atoms with E-state index in [9.17, 15) is 14.4 Å². The number of aromatic nitrogens is 5. The summed E-state index contributed by atoms with van der Waals surface area (Å²) < 4.78 is 1.16. The molecule has 0 radical (unpaired) electrons. The van der Waals surface area contributed by atoms with Gasteiger partial charge in [0.15, 0.2) is 5.82 Å². The Morgan fingerprint density at radius 3 is 2.56 bits per heavy atom. The summed E-state index contributed by atoms with van der Waals surface area (Å²) in [5.74, 6) is -0.693. The molecular weight excluding hydrogens is 525 g/mol. The number of H-pyrrole nitrogens is 2. The second-order valence-corrected chi connectivity index (χ2v) is 9.17. The highest BCUT2D eigenvalue weighted by Gasteiger charge is 2.27. The van der Waals surface area contributed by atoms with Crippen LogP contribution in [0.2, 0.25) is 10.0 Å². The van der Waals surface area contributed by atoms with Gasteiger partial charge in [0.1, 0.15) is 5.69 Å². The summed E-state index contributed by atoms with van der Waals surface area (Å²) in [6.07, 6.45) is 2.98. The maximum absolute atomic E-state index is 13.3. The number of hydrogen-bond acceptors (Lipinski definition) is 6. The highest BCUT2D eigenvalue weighted by molar-refractivity contribution is 7.80. The minimum Gasteiger partial charge on any atom is -0.346 e. The third-order valence-electron chi connectivity index (χ3n) is 4.92. The molecule has 0 spiro atoms. The lowest BCUT2D eigenvalue weighted by Gasteiger charge is -2.25. The van der Waals surface area contributed by atoms with E-state index in [-0.39, 0.29) is 32.8 Å². The number of hydrogen-bond donors (Lipinski definition) is 5. The maximum Gasteiger partial charge on any atom is 0.274 e. The van der Waals surface area contributed by atoms with Crippen molar-refractivity contribution in [2.45, 2.75) is 33.2 Å². The van der Waals surface area contributed by atoms with Crippen LogP contribution in [-0.2, 0) is 0 Å². The van der Waals surface area contributed by atoms with Crippen LogP contribution >= 0.6 is 35.8 Å². The first kappa shape index (κ1) is 27.3. The second-order valence-electron chi connectivity index (χ2n) is 8.04. The van der Waals surface area contributed by atoms with Crippen molar-refractivity contribution >= 4 is 64.2 Å². The first-order valence-electron chi connectivity index (χ1n) is 10.9. The first-order chi connectivity index (χ1) is 17.1. The van der Waals surface area contributed by atoms with Crippen molar-refractivity contribution < 1.29 is 9.59 Å². The van der Waals surface area contributed by atoms with Crippen LogP contribution in [0.15, 0.2) is 41.5 Å². The minimum atomic E-state index is -0.719. The van der Waals surface area contributed by atoms with Crippen LogP contribution in [0.25, 0.3) is 16.7 Å². The van der Waals surface area contributed by atoms with E-state index in [0.29, 0.717) is 16.7 Å². The normalized spacial score (nSPS) is 11.1. The van der Waals surface area contributed by atoms with Crippen molar-refractivity contribution in [3.63, 3.8) is 0 Å². The molecule has 13 heteroatoms. The molecule has 0 aliphatic rings. The zero-order valence-electron chi connectivity index (χ0n) is 19.9. The number of carbonyl (C=O) groups is 2. The molecule has 4 N–H and O–H groups in total. The van der Waals surface area contributed by atoms with Gasteiger partial charge in [-0.2, -0.15) is 17.7 Å². The number of halogens is 2. The predicted octanol–water partition coefficient (Wildman–Crippen LogP) is 4.46. The van der Waals surface area contributed by atoms with E-state index >= 15 is 0 Å². The van der Waals surface area contributed by atoms with E-state index in [1.54, 1.807) is 32.0 Å². The Kier molecular flexibility index (Phi) is 8.49. The number of nitrogens with one attached hydrogen (secondary N) is 4. The van der Waals surface area contributed by atoms with Crippen LogP contribution in [0.3, 0.4) is 0 Å². The maximum atomic E-state index is 13.3. The highest BCUT2D eigenvalue weighted by atomic mass is 35.5. The van der Waals surface area contributed by atoms with Crippen molar-refractivity contribution in [3.05, 3.63) is 68.3 Å². The fourth-order valence-electron chi connectivity index (χ4n) is 3.26. The fraction of sp³-hybridized carbons (Fsp3) is 0.261. The molecule has 1 aromatic carbocycles. The second kappa shape index (κ2) is 11.2. The summed E-state index contributed by atoms with van der Waals surface area (Å²) in [6, 6.07) is 5.84. The van der Waals surface area contributed by atoms with Crippen LogP contribution < -0.4 is 16.2 Å². The van der Waals surface area contributed by atoms with Gasteiger partial charge in [-0.15, -0.1) is 0 Å². The van der Waals surface area contributed by atoms with Crippen molar-refractivity contribution in [2.24, 2.45) is 0 Å². The molecule has 190 valence electrons. The monoisotopic (exact) mass is 549 g/mol. The van der Waals surface area contributed by atoms with Crippen LogP contribution in [0.1, 0.15) is 48.5 Å². The van der Waals surface area contributed by atoms with Gasteiger partial charge in [0.2, 0.25) is 0 Å².